The average molecular weight is 653 g/mol. The first kappa shape index (κ1) is 31.4. The predicted octanol–water partition coefficient (Wildman–Crippen LogP) is 6.19. The first-order chi connectivity index (χ1) is 21.7. The molecule has 0 saturated heterocycles. The monoisotopic (exact) mass is 652 g/mol. The molecule has 234 valence electrons. The fourth-order valence-electron chi connectivity index (χ4n) is 5.96. The van der Waals surface area contributed by atoms with Crippen LogP contribution in [0.1, 0.15) is 50.1 Å². The maximum absolute atomic E-state index is 12.7. The highest BCUT2D eigenvalue weighted by Crippen LogP contribution is 2.39. The normalized spacial score (nSPS) is 13.3. The Hall–Kier alpha value is -4.54. The molecular weight excluding hydrogens is 621 g/mol. The zero-order chi connectivity index (χ0) is 33.0. The molecule has 0 amide bonds. The van der Waals surface area contributed by atoms with Crippen LogP contribution in [0.25, 0.3) is 11.6 Å². The van der Waals surface area contributed by atoms with Crippen LogP contribution in [0.4, 0.5) is 0 Å². The first-order valence-electron chi connectivity index (χ1n) is 14.6. The molecule has 5 aromatic carbocycles. The average Bonchev–Trinajstić information content (AvgIpc) is 2.97. The lowest BCUT2D eigenvalue weighted by atomic mass is 9.90. The summed E-state index contributed by atoms with van der Waals surface area (Å²) in [6.07, 6.45) is 2.68. The largest absolute Gasteiger partial charge is 0.456 e. The maximum Gasteiger partial charge on any atom is 0.295 e. The third-order valence-corrected chi connectivity index (χ3v) is 9.99. The summed E-state index contributed by atoms with van der Waals surface area (Å²) in [5.41, 5.74) is 8.84. The smallest absolute Gasteiger partial charge is 0.295 e. The van der Waals surface area contributed by atoms with Crippen molar-refractivity contribution in [3.05, 3.63) is 152 Å². The molecule has 2 N–H and O–H groups in total. The van der Waals surface area contributed by atoms with Gasteiger partial charge in [-0.05, 0) is 104 Å². The SMILES string of the molecule is Cc1ccc(/C=c2\ccc3c(c2)Oc2cc(Cc4ccc(C)cc4C)ccc2C=3c2ccc(S(=O)(=O)O)cc2S(=O)(=O)O)c(C)c1. The minimum atomic E-state index is -4.93. The molecule has 0 fully saturated rings. The van der Waals surface area contributed by atoms with Gasteiger partial charge in [0, 0.05) is 21.9 Å². The second kappa shape index (κ2) is 11.7. The maximum atomic E-state index is 12.7. The highest BCUT2D eigenvalue weighted by molar-refractivity contribution is 7.86. The van der Waals surface area contributed by atoms with Crippen molar-refractivity contribution in [1.29, 1.82) is 0 Å². The highest BCUT2D eigenvalue weighted by Gasteiger charge is 2.27. The molecule has 0 aliphatic carbocycles. The third-order valence-electron chi connectivity index (χ3n) is 8.25. The van der Waals surface area contributed by atoms with Crippen molar-refractivity contribution in [1.82, 2.24) is 0 Å². The van der Waals surface area contributed by atoms with Crippen LogP contribution < -0.4 is 15.2 Å². The molecule has 46 heavy (non-hydrogen) atoms. The fraction of sp³-hybridized carbons (Fsp3) is 0.135. The zero-order valence-corrected chi connectivity index (χ0v) is 27.3. The molecule has 9 heteroatoms. The van der Waals surface area contributed by atoms with Crippen molar-refractivity contribution in [2.75, 3.05) is 0 Å². The van der Waals surface area contributed by atoms with Crippen LogP contribution in [0.3, 0.4) is 0 Å². The molecule has 0 saturated carbocycles. The van der Waals surface area contributed by atoms with E-state index in [1.54, 1.807) is 0 Å². The Morgan fingerprint density at radius 2 is 1.35 bits per heavy atom. The number of fused-ring (bicyclic) bond motifs is 2. The van der Waals surface area contributed by atoms with Crippen molar-refractivity contribution in [2.45, 2.75) is 43.9 Å². The Morgan fingerprint density at radius 3 is 2.02 bits per heavy atom. The molecule has 0 radical (unpaired) electrons. The minimum absolute atomic E-state index is 0.0638. The first-order valence-corrected chi connectivity index (χ1v) is 17.5. The number of hydrogen-bond acceptors (Lipinski definition) is 5. The van der Waals surface area contributed by atoms with Crippen LogP contribution in [-0.4, -0.2) is 25.9 Å². The topological polar surface area (TPSA) is 118 Å². The van der Waals surface area contributed by atoms with Gasteiger partial charge in [-0.2, -0.15) is 16.8 Å². The Labute approximate surface area is 268 Å². The van der Waals surface area contributed by atoms with Gasteiger partial charge in [-0.3, -0.25) is 9.11 Å². The van der Waals surface area contributed by atoms with E-state index in [-0.39, 0.29) is 5.56 Å². The van der Waals surface area contributed by atoms with E-state index < -0.39 is 30.0 Å². The number of rotatable bonds is 6. The van der Waals surface area contributed by atoms with E-state index in [4.69, 9.17) is 4.74 Å². The van der Waals surface area contributed by atoms with Crippen molar-refractivity contribution in [3.8, 4) is 11.5 Å². The summed E-state index contributed by atoms with van der Waals surface area (Å²) < 4.78 is 75.5. The van der Waals surface area contributed by atoms with Crippen LogP contribution in [0, 0.1) is 27.7 Å². The number of ether oxygens (including phenoxy) is 1. The molecule has 0 aromatic heterocycles. The molecule has 0 bridgehead atoms. The molecule has 6 rings (SSSR count). The van der Waals surface area contributed by atoms with Crippen LogP contribution >= 0.6 is 0 Å². The summed E-state index contributed by atoms with van der Waals surface area (Å²) in [6, 6.07) is 26.9. The van der Waals surface area contributed by atoms with Gasteiger partial charge in [-0.1, -0.05) is 71.8 Å². The molecule has 1 aliphatic heterocycles. The number of benzene rings is 5. The Bertz CT molecular complexity index is 2410. The molecule has 7 nitrogen and oxygen atoms in total. The van der Waals surface area contributed by atoms with Gasteiger partial charge in [-0.25, -0.2) is 0 Å². The lowest BCUT2D eigenvalue weighted by molar-refractivity contribution is 0.470. The molecule has 5 aromatic rings. The van der Waals surface area contributed by atoms with Crippen LogP contribution in [-0.2, 0) is 26.7 Å². The van der Waals surface area contributed by atoms with Gasteiger partial charge in [0.25, 0.3) is 20.2 Å². The molecule has 0 atom stereocenters. The van der Waals surface area contributed by atoms with Crippen LogP contribution in [0.2, 0.25) is 0 Å². The van der Waals surface area contributed by atoms with E-state index in [1.165, 1.54) is 17.2 Å². The second-order valence-electron chi connectivity index (χ2n) is 11.8. The summed E-state index contributed by atoms with van der Waals surface area (Å²) in [5.74, 6) is 0.943. The van der Waals surface area contributed by atoms with Gasteiger partial charge >= 0.3 is 0 Å². The van der Waals surface area contributed by atoms with Gasteiger partial charge in [-0.15, -0.1) is 0 Å². The number of aryl methyl sites for hydroxylation is 4. The molecule has 0 unspecified atom stereocenters. The minimum Gasteiger partial charge on any atom is -0.456 e. The van der Waals surface area contributed by atoms with Crippen molar-refractivity contribution >= 4 is 31.9 Å². The van der Waals surface area contributed by atoms with Crippen molar-refractivity contribution in [2.24, 2.45) is 0 Å². The lowest BCUT2D eigenvalue weighted by Crippen LogP contribution is -2.21. The van der Waals surface area contributed by atoms with E-state index in [0.29, 0.717) is 34.3 Å². The standard InChI is InChI=1S/C37H32O7S2/c1-22-5-9-28(24(3)15-22)17-26-7-12-31-34(19-26)44-35-20-27(18-29-10-6-23(2)16-25(29)4)8-13-32(35)37(31)33-14-11-30(45(38,39)40)21-36(33)46(41,42)43/h5-17,19-21H,18H2,1-4H3,(H,38,39,40)(H,41,42,43)/b26-17+. The van der Waals surface area contributed by atoms with E-state index >= 15 is 0 Å². The number of hydrogen-bond donors (Lipinski definition) is 2. The third kappa shape index (κ3) is 6.27. The van der Waals surface area contributed by atoms with E-state index in [1.807, 2.05) is 75.4 Å². The molecule has 1 heterocycles. The summed E-state index contributed by atoms with van der Waals surface area (Å²) in [6.45, 7) is 8.20. The predicted molar refractivity (Wildman–Crippen MR) is 178 cm³/mol. The van der Waals surface area contributed by atoms with Crippen molar-refractivity contribution < 1.29 is 30.7 Å². The van der Waals surface area contributed by atoms with E-state index in [9.17, 15) is 25.9 Å². The quantitative estimate of drug-likeness (QED) is 0.206. The highest BCUT2D eigenvalue weighted by atomic mass is 32.2. The fourth-order valence-corrected chi connectivity index (χ4v) is 7.26. The molecular formula is C37H32O7S2. The Morgan fingerprint density at radius 1 is 0.652 bits per heavy atom. The van der Waals surface area contributed by atoms with E-state index in [2.05, 4.69) is 31.2 Å². The van der Waals surface area contributed by atoms with E-state index in [0.717, 1.165) is 45.2 Å². The van der Waals surface area contributed by atoms with Gasteiger partial charge in [0.2, 0.25) is 0 Å². The van der Waals surface area contributed by atoms with Crippen LogP contribution in [0.15, 0.2) is 101 Å². The van der Waals surface area contributed by atoms with Gasteiger partial charge in [0.1, 0.15) is 16.4 Å². The Kier molecular flexibility index (Phi) is 7.98. The summed E-state index contributed by atoms with van der Waals surface area (Å²) in [4.78, 5) is -1.30. The molecule has 1 aliphatic rings. The lowest BCUT2D eigenvalue weighted by Gasteiger charge is -2.23. The van der Waals surface area contributed by atoms with Gasteiger partial charge in [0.15, 0.2) is 0 Å². The second-order valence-corrected chi connectivity index (χ2v) is 14.6. The summed E-state index contributed by atoms with van der Waals surface area (Å²) in [7, 11) is -9.68. The molecule has 0 spiro atoms. The van der Waals surface area contributed by atoms with Gasteiger partial charge < -0.3 is 4.74 Å². The van der Waals surface area contributed by atoms with Gasteiger partial charge in [0.05, 0.1) is 4.90 Å². The Balaban J connectivity index is 1.60. The summed E-state index contributed by atoms with van der Waals surface area (Å²) in [5, 5.41) is 1.41. The van der Waals surface area contributed by atoms with Crippen molar-refractivity contribution in [3.63, 3.8) is 0 Å². The summed E-state index contributed by atoms with van der Waals surface area (Å²) >= 11 is 0. The zero-order valence-electron chi connectivity index (χ0n) is 25.7. The van der Waals surface area contributed by atoms with Crippen LogP contribution in [0.5, 0.6) is 11.5 Å².